The molecule has 0 saturated heterocycles. The lowest BCUT2D eigenvalue weighted by molar-refractivity contribution is -0.140. The van der Waals surface area contributed by atoms with Crippen LogP contribution in [-0.2, 0) is 22.4 Å². The van der Waals surface area contributed by atoms with Crippen LogP contribution in [-0.4, -0.2) is 46.6 Å². The van der Waals surface area contributed by atoms with Crippen LogP contribution >= 0.6 is 11.3 Å². The van der Waals surface area contributed by atoms with E-state index >= 15 is 0 Å². The molecular weight excluding hydrogens is 380 g/mol. The number of hydrogen-bond donors (Lipinski definition) is 4. The average molecular weight is 402 g/mol. The number of rotatable bonds is 8. The van der Waals surface area contributed by atoms with Gasteiger partial charge in [0.2, 0.25) is 0 Å². The Bertz CT molecular complexity index is 880. The molecule has 1 aliphatic rings. The summed E-state index contributed by atoms with van der Waals surface area (Å²) in [6, 6.07) is 8.43. The van der Waals surface area contributed by atoms with Gasteiger partial charge in [-0.1, -0.05) is 30.3 Å². The van der Waals surface area contributed by atoms with Gasteiger partial charge in [-0.2, -0.15) is 0 Å². The Labute approximate surface area is 166 Å². The molecule has 4 N–H and O–H groups in total. The minimum Gasteiger partial charge on any atom is -0.480 e. The molecule has 2 heterocycles. The second kappa shape index (κ2) is 8.64. The molecule has 1 aromatic heterocycles. The standard InChI is InChI=1S/C20H22N2O5S/c1-11(22-14(19(24)25)9-12-5-3-2-4-6-12)18(23)16-10-13-15(28-16)7-8-21-17(13)20(26)27/h2-6,10-11,14,17,21-22H,7-9H2,1H3,(H,24,25)(H,26,27)/t11-,14?,17?/m0/s1. The van der Waals surface area contributed by atoms with Gasteiger partial charge in [0.05, 0.1) is 10.9 Å². The van der Waals surface area contributed by atoms with E-state index in [9.17, 15) is 24.6 Å². The van der Waals surface area contributed by atoms with Crippen molar-refractivity contribution in [2.24, 2.45) is 0 Å². The molecule has 2 aromatic rings. The fraction of sp³-hybridized carbons (Fsp3) is 0.350. The molecule has 8 heteroatoms. The van der Waals surface area contributed by atoms with Crippen molar-refractivity contribution >= 4 is 29.1 Å². The SMILES string of the molecule is C[C@H](NC(Cc1ccccc1)C(=O)O)C(=O)c1cc2c(s1)CCNC2C(=O)O. The van der Waals surface area contributed by atoms with Gasteiger partial charge in [0.1, 0.15) is 12.1 Å². The molecular formula is C20H22N2O5S. The highest BCUT2D eigenvalue weighted by atomic mass is 32.1. The van der Waals surface area contributed by atoms with Gasteiger partial charge in [-0.25, -0.2) is 0 Å². The van der Waals surface area contributed by atoms with Gasteiger partial charge >= 0.3 is 11.9 Å². The van der Waals surface area contributed by atoms with Gasteiger partial charge in [-0.3, -0.25) is 19.7 Å². The zero-order valence-electron chi connectivity index (χ0n) is 15.3. The molecule has 28 heavy (non-hydrogen) atoms. The first-order chi connectivity index (χ1) is 13.4. The Balaban J connectivity index is 1.73. The number of carbonyl (C=O) groups is 3. The number of benzene rings is 1. The third kappa shape index (κ3) is 4.46. The largest absolute Gasteiger partial charge is 0.480 e. The summed E-state index contributed by atoms with van der Waals surface area (Å²) in [7, 11) is 0. The molecule has 0 bridgehead atoms. The van der Waals surface area contributed by atoms with Crippen LogP contribution in [0.5, 0.6) is 0 Å². The topological polar surface area (TPSA) is 116 Å². The van der Waals surface area contributed by atoms with Crippen molar-refractivity contribution in [1.29, 1.82) is 0 Å². The lowest BCUT2D eigenvalue weighted by Gasteiger charge is -2.20. The number of nitrogens with one attached hydrogen (secondary N) is 2. The molecule has 1 aromatic carbocycles. The third-order valence-corrected chi connectivity index (χ3v) is 5.99. The number of carbonyl (C=O) groups excluding carboxylic acids is 1. The number of thiophene rings is 1. The maximum Gasteiger partial charge on any atom is 0.325 e. The van der Waals surface area contributed by atoms with E-state index in [1.807, 2.05) is 30.3 Å². The Morgan fingerprint density at radius 3 is 2.61 bits per heavy atom. The van der Waals surface area contributed by atoms with Crippen molar-refractivity contribution in [3.63, 3.8) is 0 Å². The first-order valence-electron chi connectivity index (χ1n) is 9.02. The Morgan fingerprint density at radius 2 is 1.96 bits per heavy atom. The molecule has 0 radical (unpaired) electrons. The van der Waals surface area contributed by atoms with Gasteiger partial charge in [0.25, 0.3) is 0 Å². The average Bonchev–Trinajstić information content (AvgIpc) is 3.11. The highest BCUT2D eigenvalue weighted by molar-refractivity contribution is 7.14. The summed E-state index contributed by atoms with van der Waals surface area (Å²) >= 11 is 1.29. The van der Waals surface area contributed by atoms with Crippen molar-refractivity contribution in [3.8, 4) is 0 Å². The van der Waals surface area contributed by atoms with E-state index in [4.69, 9.17) is 0 Å². The molecule has 0 spiro atoms. The van der Waals surface area contributed by atoms with Crippen LogP contribution in [0.2, 0.25) is 0 Å². The molecule has 2 unspecified atom stereocenters. The maximum absolute atomic E-state index is 12.8. The van der Waals surface area contributed by atoms with E-state index in [1.54, 1.807) is 13.0 Å². The second-order valence-corrected chi connectivity index (χ2v) is 7.93. The summed E-state index contributed by atoms with van der Waals surface area (Å²) in [5, 5.41) is 24.7. The third-order valence-electron chi connectivity index (χ3n) is 4.77. The summed E-state index contributed by atoms with van der Waals surface area (Å²) < 4.78 is 0. The molecule has 148 valence electrons. The van der Waals surface area contributed by atoms with Gasteiger partial charge < -0.3 is 15.5 Å². The van der Waals surface area contributed by atoms with E-state index in [1.165, 1.54) is 11.3 Å². The monoisotopic (exact) mass is 402 g/mol. The van der Waals surface area contributed by atoms with Gasteiger partial charge in [-0.05, 0) is 37.0 Å². The predicted molar refractivity (Wildman–Crippen MR) is 105 cm³/mol. The molecule has 0 saturated carbocycles. The molecule has 3 atom stereocenters. The van der Waals surface area contributed by atoms with Crippen molar-refractivity contribution in [3.05, 3.63) is 57.3 Å². The van der Waals surface area contributed by atoms with Crippen LogP contribution in [0.15, 0.2) is 36.4 Å². The number of carboxylic acid groups (broad SMARTS) is 2. The van der Waals surface area contributed by atoms with Crippen LogP contribution in [0.1, 0.15) is 38.6 Å². The molecule has 0 fully saturated rings. The number of ketones is 1. The predicted octanol–water partition coefficient (Wildman–Crippen LogP) is 1.88. The molecule has 0 amide bonds. The van der Waals surface area contributed by atoms with Crippen LogP contribution in [0.25, 0.3) is 0 Å². The maximum atomic E-state index is 12.8. The van der Waals surface area contributed by atoms with Crippen LogP contribution in [0.4, 0.5) is 0 Å². The summed E-state index contributed by atoms with van der Waals surface area (Å²) in [5.74, 6) is -2.23. The second-order valence-electron chi connectivity index (χ2n) is 6.80. The number of fused-ring (bicyclic) bond motifs is 1. The minimum absolute atomic E-state index is 0.233. The van der Waals surface area contributed by atoms with Crippen molar-refractivity contribution in [2.75, 3.05) is 6.54 Å². The van der Waals surface area contributed by atoms with Gasteiger partial charge in [0.15, 0.2) is 5.78 Å². The molecule has 7 nitrogen and oxygen atoms in total. The van der Waals surface area contributed by atoms with Gasteiger partial charge in [-0.15, -0.1) is 11.3 Å². The van der Waals surface area contributed by atoms with E-state index in [2.05, 4.69) is 10.6 Å². The van der Waals surface area contributed by atoms with E-state index < -0.39 is 30.1 Å². The zero-order chi connectivity index (χ0) is 20.3. The number of carboxylic acids is 2. The Morgan fingerprint density at radius 1 is 1.25 bits per heavy atom. The summed E-state index contributed by atoms with van der Waals surface area (Å²) in [6.07, 6.45) is 0.935. The lowest BCUT2D eigenvalue weighted by Crippen LogP contribution is -2.46. The van der Waals surface area contributed by atoms with E-state index in [0.717, 1.165) is 10.4 Å². The summed E-state index contributed by atoms with van der Waals surface area (Å²) in [6.45, 7) is 2.18. The lowest BCUT2D eigenvalue weighted by atomic mass is 10.0. The summed E-state index contributed by atoms with van der Waals surface area (Å²) in [5.41, 5.74) is 1.49. The molecule has 0 aliphatic carbocycles. The van der Waals surface area contributed by atoms with E-state index in [0.29, 0.717) is 23.4 Å². The first kappa shape index (κ1) is 20.2. The number of hydrogen-bond acceptors (Lipinski definition) is 6. The van der Waals surface area contributed by atoms with Crippen LogP contribution in [0.3, 0.4) is 0 Å². The Hall–Kier alpha value is -2.55. The van der Waals surface area contributed by atoms with Crippen LogP contribution < -0.4 is 10.6 Å². The Kier molecular flexibility index (Phi) is 6.23. The van der Waals surface area contributed by atoms with Crippen molar-refractivity contribution in [1.82, 2.24) is 10.6 Å². The molecule has 3 rings (SSSR count). The zero-order valence-corrected chi connectivity index (χ0v) is 16.2. The first-order valence-corrected chi connectivity index (χ1v) is 9.84. The van der Waals surface area contributed by atoms with Crippen molar-refractivity contribution < 1.29 is 24.6 Å². The highest BCUT2D eigenvalue weighted by Crippen LogP contribution is 2.32. The molecule has 1 aliphatic heterocycles. The van der Waals surface area contributed by atoms with E-state index in [-0.39, 0.29) is 12.2 Å². The highest BCUT2D eigenvalue weighted by Gasteiger charge is 2.31. The van der Waals surface area contributed by atoms with Crippen molar-refractivity contribution in [2.45, 2.75) is 37.9 Å². The fourth-order valence-electron chi connectivity index (χ4n) is 3.32. The number of aliphatic carboxylic acids is 2. The summed E-state index contributed by atoms with van der Waals surface area (Å²) in [4.78, 5) is 37.2. The fourth-order valence-corrected chi connectivity index (χ4v) is 4.55. The van der Waals surface area contributed by atoms with Gasteiger partial charge in [0, 0.05) is 11.4 Å². The minimum atomic E-state index is -1.02. The van der Waals surface area contributed by atoms with Crippen LogP contribution in [0, 0.1) is 0 Å². The number of Topliss-reactive ketones (excluding diaryl/α,β-unsaturated/α-hetero) is 1. The normalized spacial score (nSPS) is 18.1. The quantitative estimate of drug-likeness (QED) is 0.498. The smallest absolute Gasteiger partial charge is 0.325 e.